The zero-order chi connectivity index (χ0) is 23.0. The summed E-state index contributed by atoms with van der Waals surface area (Å²) in [5.41, 5.74) is 0. The van der Waals surface area contributed by atoms with Gasteiger partial charge in [-0.2, -0.15) is 0 Å². The van der Waals surface area contributed by atoms with Crippen molar-refractivity contribution >= 4 is 24.5 Å². The van der Waals surface area contributed by atoms with Crippen molar-refractivity contribution < 1.29 is 14.0 Å². The van der Waals surface area contributed by atoms with Crippen molar-refractivity contribution in [1.82, 2.24) is 0 Å². The SMILES string of the molecule is CCCCCC[C@H]1CCC(=O)[C@@H](CO[Si](c2ccccc2)(c2ccccc2)C(C)(C)C)O1. The van der Waals surface area contributed by atoms with Crippen molar-refractivity contribution in [3.8, 4) is 0 Å². The van der Waals surface area contributed by atoms with E-state index in [0.29, 0.717) is 13.0 Å². The van der Waals surface area contributed by atoms with Crippen LogP contribution in [0.2, 0.25) is 5.04 Å². The lowest BCUT2D eigenvalue weighted by atomic mass is 9.99. The van der Waals surface area contributed by atoms with Gasteiger partial charge >= 0.3 is 0 Å². The number of hydrogen-bond acceptors (Lipinski definition) is 3. The second kappa shape index (κ2) is 11.4. The van der Waals surface area contributed by atoms with Crippen molar-refractivity contribution in [3.63, 3.8) is 0 Å². The van der Waals surface area contributed by atoms with Crippen LogP contribution in [0.4, 0.5) is 0 Å². The fourth-order valence-corrected chi connectivity index (χ4v) is 9.50. The standard InChI is InChI=1S/C28H40O3Si/c1-5-6-7-10-15-23-20-21-26(29)27(31-23)22-30-32(28(2,3)4,24-16-11-8-12-17-24)25-18-13-9-14-19-25/h8-9,11-14,16-19,23,27H,5-7,10,15,20-22H2,1-4H3/t23-,27+/m0/s1. The lowest BCUT2D eigenvalue weighted by molar-refractivity contribution is -0.146. The summed E-state index contributed by atoms with van der Waals surface area (Å²) < 4.78 is 13.3. The number of Topliss-reactive ketones (excluding diaryl/α,β-unsaturated/α-hetero) is 1. The molecule has 2 atom stereocenters. The van der Waals surface area contributed by atoms with E-state index >= 15 is 0 Å². The fraction of sp³-hybridized carbons (Fsp3) is 0.536. The van der Waals surface area contributed by atoms with Gasteiger partial charge in [0.1, 0.15) is 6.10 Å². The molecule has 0 unspecified atom stereocenters. The van der Waals surface area contributed by atoms with Gasteiger partial charge in [0.25, 0.3) is 8.32 Å². The Labute approximate surface area is 195 Å². The quantitative estimate of drug-likeness (QED) is 0.345. The van der Waals surface area contributed by atoms with E-state index in [1.807, 2.05) is 12.1 Å². The van der Waals surface area contributed by atoms with Gasteiger partial charge in [0.05, 0.1) is 12.7 Å². The molecule has 3 nitrogen and oxygen atoms in total. The molecule has 4 heteroatoms. The molecule has 0 spiro atoms. The Kier molecular flexibility index (Phi) is 8.86. The maximum Gasteiger partial charge on any atom is 0.261 e. The normalized spacial score (nSPS) is 19.8. The van der Waals surface area contributed by atoms with E-state index in [0.717, 1.165) is 12.8 Å². The van der Waals surface area contributed by atoms with Gasteiger partial charge in [0, 0.05) is 6.42 Å². The predicted molar refractivity (Wildman–Crippen MR) is 135 cm³/mol. The molecule has 0 aliphatic carbocycles. The first kappa shape index (κ1) is 24.9. The van der Waals surface area contributed by atoms with Gasteiger partial charge in [-0.25, -0.2) is 0 Å². The van der Waals surface area contributed by atoms with E-state index in [1.165, 1.54) is 36.1 Å². The zero-order valence-corrected chi connectivity index (χ0v) is 21.3. The molecule has 1 aliphatic rings. The van der Waals surface area contributed by atoms with Crippen molar-refractivity contribution in [2.75, 3.05) is 6.61 Å². The van der Waals surface area contributed by atoms with Crippen LogP contribution in [0.5, 0.6) is 0 Å². The van der Waals surface area contributed by atoms with Gasteiger partial charge in [-0.05, 0) is 28.3 Å². The van der Waals surface area contributed by atoms with Crippen LogP contribution >= 0.6 is 0 Å². The van der Waals surface area contributed by atoms with Crippen LogP contribution in [0.25, 0.3) is 0 Å². The van der Waals surface area contributed by atoms with Crippen LogP contribution in [0.15, 0.2) is 60.7 Å². The highest BCUT2D eigenvalue weighted by molar-refractivity contribution is 6.99. The Morgan fingerprint density at radius 3 is 2.06 bits per heavy atom. The summed E-state index contributed by atoms with van der Waals surface area (Å²) in [7, 11) is -2.65. The van der Waals surface area contributed by atoms with E-state index in [9.17, 15) is 4.79 Å². The summed E-state index contributed by atoms with van der Waals surface area (Å²) in [5.74, 6) is 0.188. The highest BCUT2D eigenvalue weighted by Crippen LogP contribution is 2.37. The number of ether oxygens (including phenoxy) is 1. The average molecular weight is 453 g/mol. The largest absolute Gasteiger partial charge is 0.404 e. The molecule has 1 fully saturated rings. The third kappa shape index (κ3) is 5.78. The summed E-state index contributed by atoms with van der Waals surface area (Å²) in [6.45, 7) is 9.35. The number of ketones is 1. The molecule has 1 heterocycles. The molecule has 3 rings (SSSR count). The average Bonchev–Trinajstić information content (AvgIpc) is 2.79. The van der Waals surface area contributed by atoms with E-state index in [1.54, 1.807) is 0 Å². The minimum atomic E-state index is -2.65. The van der Waals surface area contributed by atoms with Gasteiger partial charge in [0.15, 0.2) is 5.78 Å². The summed E-state index contributed by atoms with van der Waals surface area (Å²) in [6, 6.07) is 21.2. The molecular formula is C28H40O3Si. The van der Waals surface area contributed by atoms with Crippen LogP contribution < -0.4 is 10.4 Å². The number of carbonyl (C=O) groups excluding carboxylic acids is 1. The maximum absolute atomic E-state index is 12.8. The van der Waals surface area contributed by atoms with Gasteiger partial charge in [-0.3, -0.25) is 4.79 Å². The van der Waals surface area contributed by atoms with E-state index in [-0.39, 0.29) is 16.9 Å². The highest BCUT2D eigenvalue weighted by Gasteiger charge is 2.50. The number of unbranched alkanes of at least 4 members (excludes halogenated alkanes) is 3. The molecule has 174 valence electrons. The van der Waals surface area contributed by atoms with Crippen LogP contribution in [0.3, 0.4) is 0 Å². The predicted octanol–water partition coefficient (Wildman–Crippen LogP) is 5.65. The molecule has 32 heavy (non-hydrogen) atoms. The summed E-state index contributed by atoms with van der Waals surface area (Å²) in [6.07, 6.45) is 7.14. The van der Waals surface area contributed by atoms with Crippen LogP contribution in [-0.2, 0) is 14.0 Å². The first-order valence-corrected chi connectivity index (χ1v) is 14.2. The molecule has 2 aromatic rings. The van der Waals surface area contributed by atoms with Crippen molar-refractivity contribution in [2.24, 2.45) is 0 Å². The summed E-state index contributed by atoms with van der Waals surface area (Å²) in [5, 5.41) is 2.36. The Bertz CT molecular complexity index is 789. The molecule has 0 bridgehead atoms. The molecule has 0 radical (unpaired) electrons. The Hall–Kier alpha value is -1.75. The summed E-state index contributed by atoms with van der Waals surface area (Å²) >= 11 is 0. The topological polar surface area (TPSA) is 35.5 Å². The molecule has 0 amide bonds. The van der Waals surface area contributed by atoms with E-state index in [2.05, 4.69) is 76.2 Å². The van der Waals surface area contributed by atoms with Gasteiger partial charge in [-0.15, -0.1) is 0 Å². The number of hydrogen-bond donors (Lipinski definition) is 0. The number of rotatable bonds is 10. The van der Waals surface area contributed by atoms with Crippen molar-refractivity contribution in [3.05, 3.63) is 60.7 Å². The molecule has 1 saturated heterocycles. The van der Waals surface area contributed by atoms with Crippen molar-refractivity contribution in [2.45, 2.75) is 89.9 Å². The van der Waals surface area contributed by atoms with Gasteiger partial charge in [-0.1, -0.05) is 114 Å². The van der Waals surface area contributed by atoms with Gasteiger partial charge in [0.2, 0.25) is 0 Å². The monoisotopic (exact) mass is 452 g/mol. The van der Waals surface area contributed by atoms with E-state index in [4.69, 9.17) is 9.16 Å². The van der Waals surface area contributed by atoms with Crippen molar-refractivity contribution in [1.29, 1.82) is 0 Å². The minimum absolute atomic E-state index is 0.104. The maximum atomic E-state index is 12.8. The van der Waals surface area contributed by atoms with E-state index < -0.39 is 14.4 Å². The Balaban J connectivity index is 1.83. The molecule has 2 aromatic carbocycles. The molecule has 0 aromatic heterocycles. The zero-order valence-electron chi connectivity index (χ0n) is 20.3. The van der Waals surface area contributed by atoms with Crippen LogP contribution in [-0.4, -0.2) is 32.9 Å². The minimum Gasteiger partial charge on any atom is -0.404 e. The Morgan fingerprint density at radius 1 is 0.938 bits per heavy atom. The molecule has 0 N–H and O–H groups in total. The fourth-order valence-electron chi connectivity index (χ4n) is 4.95. The second-order valence-electron chi connectivity index (χ2n) is 10.1. The summed E-state index contributed by atoms with van der Waals surface area (Å²) in [4.78, 5) is 12.8. The lowest BCUT2D eigenvalue weighted by Gasteiger charge is -2.44. The Morgan fingerprint density at radius 2 is 1.53 bits per heavy atom. The van der Waals surface area contributed by atoms with Gasteiger partial charge < -0.3 is 9.16 Å². The first-order chi connectivity index (χ1) is 15.4. The highest BCUT2D eigenvalue weighted by atomic mass is 28.4. The third-order valence-electron chi connectivity index (χ3n) is 6.68. The molecular weight excluding hydrogens is 412 g/mol. The smallest absolute Gasteiger partial charge is 0.261 e. The third-order valence-corrected chi connectivity index (χ3v) is 11.7. The second-order valence-corrected chi connectivity index (χ2v) is 14.4. The number of carbonyl (C=O) groups is 1. The van der Waals surface area contributed by atoms with Crippen LogP contribution in [0, 0.1) is 0 Å². The number of benzene rings is 2. The molecule has 1 aliphatic heterocycles. The van der Waals surface area contributed by atoms with Crippen LogP contribution in [0.1, 0.15) is 72.6 Å². The first-order valence-electron chi connectivity index (χ1n) is 12.3. The lowest BCUT2D eigenvalue weighted by Crippen LogP contribution is -2.67. The molecule has 0 saturated carbocycles.